The Hall–Kier alpha value is -0.700. The first-order valence-electron chi connectivity index (χ1n) is 4.14. The Morgan fingerprint density at radius 2 is 2.18 bits per heavy atom. The largest absolute Gasteiger partial charge is 0.310 e. The third kappa shape index (κ3) is 1.87. The lowest BCUT2D eigenvalue weighted by atomic mass is 9.99. The molecular formula is C8H17N3. The molecule has 2 N–H and O–H groups in total. The Morgan fingerprint density at radius 3 is 2.64 bits per heavy atom. The van der Waals surface area contributed by atoms with Gasteiger partial charge >= 0.3 is 0 Å². The van der Waals surface area contributed by atoms with E-state index in [2.05, 4.69) is 36.7 Å². The standard InChI is InChI=1S/C8H17N3/c1-4-5-8(2,3)11-7-6-9-10-11/h6-7,9-10H,4-5H2,1-3H3. The Morgan fingerprint density at radius 1 is 1.45 bits per heavy atom. The number of hydrazine groups is 2. The summed E-state index contributed by atoms with van der Waals surface area (Å²) < 4.78 is 0. The summed E-state index contributed by atoms with van der Waals surface area (Å²) in [5.74, 6) is 0. The van der Waals surface area contributed by atoms with Crippen molar-refractivity contribution in [1.29, 1.82) is 0 Å². The monoisotopic (exact) mass is 155 g/mol. The molecule has 0 unspecified atom stereocenters. The SMILES string of the molecule is CCCC(C)(C)N1C=CNN1. The van der Waals surface area contributed by atoms with Gasteiger partial charge in [-0.15, -0.1) is 5.53 Å². The minimum absolute atomic E-state index is 0.203. The molecule has 0 aromatic rings. The van der Waals surface area contributed by atoms with E-state index >= 15 is 0 Å². The average Bonchev–Trinajstić information content (AvgIpc) is 2.37. The van der Waals surface area contributed by atoms with E-state index in [1.54, 1.807) is 0 Å². The van der Waals surface area contributed by atoms with Crippen LogP contribution in [0.25, 0.3) is 0 Å². The van der Waals surface area contributed by atoms with Crippen LogP contribution in [0.2, 0.25) is 0 Å². The first-order chi connectivity index (χ1) is 5.17. The van der Waals surface area contributed by atoms with Crippen LogP contribution in [-0.4, -0.2) is 10.5 Å². The van der Waals surface area contributed by atoms with Gasteiger partial charge in [-0.05, 0) is 20.3 Å². The third-order valence-electron chi connectivity index (χ3n) is 2.01. The Balaban J connectivity index is 2.48. The quantitative estimate of drug-likeness (QED) is 0.644. The number of hydrogen-bond acceptors (Lipinski definition) is 3. The fourth-order valence-corrected chi connectivity index (χ4v) is 1.34. The molecule has 0 spiro atoms. The molecular weight excluding hydrogens is 138 g/mol. The molecule has 0 aliphatic carbocycles. The zero-order valence-electron chi connectivity index (χ0n) is 7.52. The maximum absolute atomic E-state index is 3.05. The van der Waals surface area contributed by atoms with E-state index in [1.165, 1.54) is 12.8 Å². The normalized spacial score (nSPS) is 17.2. The van der Waals surface area contributed by atoms with Crippen molar-refractivity contribution in [1.82, 2.24) is 16.0 Å². The minimum atomic E-state index is 0.203. The molecule has 0 saturated carbocycles. The van der Waals surface area contributed by atoms with Gasteiger partial charge in [0.1, 0.15) is 0 Å². The Bertz CT molecular complexity index is 151. The summed E-state index contributed by atoms with van der Waals surface area (Å²) in [5, 5.41) is 2.09. The highest BCUT2D eigenvalue weighted by Gasteiger charge is 2.24. The summed E-state index contributed by atoms with van der Waals surface area (Å²) in [6.07, 6.45) is 6.32. The molecule has 0 aromatic carbocycles. The van der Waals surface area contributed by atoms with Crippen molar-refractivity contribution in [2.24, 2.45) is 0 Å². The van der Waals surface area contributed by atoms with Crippen molar-refractivity contribution in [3.8, 4) is 0 Å². The molecule has 0 saturated heterocycles. The van der Waals surface area contributed by atoms with Crippen molar-refractivity contribution in [3.05, 3.63) is 12.4 Å². The van der Waals surface area contributed by atoms with Crippen molar-refractivity contribution in [3.63, 3.8) is 0 Å². The second-order valence-electron chi connectivity index (χ2n) is 3.50. The molecule has 0 atom stereocenters. The number of nitrogens with zero attached hydrogens (tertiary/aromatic N) is 1. The van der Waals surface area contributed by atoms with Crippen molar-refractivity contribution < 1.29 is 0 Å². The van der Waals surface area contributed by atoms with Crippen molar-refractivity contribution >= 4 is 0 Å². The van der Waals surface area contributed by atoms with Gasteiger partial charge in [0.05, 0.1) is 5.54 Å². The molecule has 0 bridgehead atoms. The molecule has 64 valence electrons. The molecule has 0 radical (unpaired) electrons. The van der Waals surface area contributed by atoms with Crippen LogP contribution in [0.5, 0.6) is 0 Å². The summed E-state index contributed by atoms with van der Waals surface area (Å²) in [6, 6.07) is 0. The van der Waals surface area contributed by atoms with Crippen LogP contribution >= 0.6 is 0 Å². The predicted octanol–water partition coefficient (Wildman–Crippen LogP) is 1.36. The van der Waals surface area contributed by atoms with Crippen LogP contribution in [0, 0.1) is 0 Å². The van der Waals surface area contributed by atoms with E-state index < -0.39 is 0 Å². The van der Waals surface area contributed by atoms with E-state index in [0.29, 0.717) is 0 Å². The molecule has 0 aromatic heterocycles. The smallest absolute Gasteiger partial charge is 0.0518 e. The van der Waals surface area contributed by atoms with Gasteiger partial charge in [0.25, 0.3) is 0 Å². The van der Waals surface area contributed by atoms with Crippen LogP contribution in [0.1, 0.15) is 33.6 Å². The highest BCUT2D eigenvalue weighted by molar-refractivity contribution is 4.91. The Kier molecular flexibility index (Phi) is 2.39. The van der Waals surface area contributed by atoms with Crippen LogP contribution in [0.3, 0.4) is 0 Å². The summed E-state index contributed by atoms with van der Waals surface area (Å²) in [4.78, 5) is 0. The van der Waals surface area contributed by atoms with Gasteiger partial charge in [0.2, 0.25) is 0 Å². The summed E-state index contributed by atoms with van der Waals surface area (Å²) in [5.41, 5.74) is 6.19. The Labute approximate surface area is 68.4 Å². The fraction of sp³-hybridized carbons (Fsp3) is 0.750. The van der Waals surface area contributed by atoms with Crippen molar-refractivity contribution in [2.45, 2.75) is 39.2 Å². The van der Waals surface area contributed by atoms with Crippen LogP contribution in [-0.2, 0) is 0 Å². The molecule has 3 heteroatoms. The molecule has 0 fully saturated rings. The lowest BCUT2D eigenvalue weighted by molar-refractivity contribution is 0.112. The molecule has 11 heavy (non-hydrogen) atoms. The fourth-order valence-electron chi connectivity index (χ4n) is 1.34. The second kappa shape index (κ2) is 3.13. The van der Waals surface area contributed by atoms with Gasteiger partial charge in [0, 0.05) is 12.4 Å². The lowest BCUT2D eigenvalue weighted by Gasteiger charge is -2.34. The second-order valence-corrected chi connectivity index (χ2v) is 3.50. The summed E-state index contributed by atoms with van der Waals surface area (Å²) in [6.45, 7) is 6.65. The summed E-state index contributed by atoms with van der Waals surface area (Å²) in [7, 11) is 0. The van der Waals surface area contributed by atoms with Gasteiger partial charge in [-0.25, -0.2) is 0 Å². The summed E-state index contributed by atoms with van der Waals surface area (Å²) >= 11 is 0. The lowest BCUT2D eigenvalue weighted by Crippen LogP contribution is -2.48. The highest BCUT2D eigenvalue weighted by atomic mass is 15.7. The highest BCUT2D eigenvalue weighted by Crippen LogP contribution is 2.19. The van der Waals surface area contributed by atoms with Gasteiger partial charge < -0.3 is 5.43 Å². The van der Waals surface area contributed by atoms with Crippen LogP contribution in [0.15, 0.2) is 12.4 Å². The zero-order chi connectivity index (χ0) is 8.32. The third-order valence-corrected chi connectivity index (χ3v) is 2.01. The maximum atomic E-state index is 3.05. The van der Waals surface area contributed by atoms with E-state index in [-0.39, 0.29) is 5.54 Å². The number of hydrogen-bond donors (Lipinski definition) is 2. The van der Waals surface area contributed by atoms with E-state index in [4.69, 9.17) is 0 Å². The molecule has 3 nitrogen and oxygen atoms in total. The van der Waals surface area contributed by atoms with E-state index in [9.17, 15) is 0 Å². The molecule has 1 rings (SSSR count). The molecule has 1 aliphatic heterocycles. The van der Waals surface area contributed by atoms with E-state index in [0.717, 1.165) is 0 Å². The van der Waals surface area contributed by atoms with Crippen LogP contribution < -0.4 is 11.0 Å². The van der Waals surface area contributed by atoms with Crippen molar-refractivity contribution in [2.75, 3.05) is 0 Å². The van der Waals surface area contributed by atoms with E-state index in [1.807, 2.05) is 12.4 Å². The first kappa shape index (κ1) is 8.40. The molecule has 1 aliphatic rings. The minimum Gasteiger partial charge on any atom is -0.310 e. The predicted molar refractivity (Wildman–Crippen MR) is 46.2 cm³/mol. The van der Waals surface area contributed by atoms with Gasteiger partial charge in [-0.1, -0.05) is 13.3 Å². The maximum Gasteiger partial charge on any atom is 0.0518 e. The zero-order valence-corrected chi connectivity index (χ0v) is 7.52. The molecule has 1 heterocycles. The van der Waals surface area contributed by atoms with Crippen LogP contribution in [0.4, 0.5) is 0 Å². The van der Waals surface area contributed by atoms with Gasteiger partial charge in [-0.2, -0.15) is 0 Å². The first-order valence-corrected chi connectivity index (χ1v) is 4.14. The average molecular weight is 155 g/mol. The number of rotatable bonds is 3. The molecule has 0 amide bonds. The number of nitrogens with one attached hydrogen (secondary N) is 2. The van der Waals surface area contributed by atoms with Gasteiger partial charge in [0.15, 0.2) is 0 Å². The van der Waals surface area contributed by atoms with Gasteiger partial charge in [-0.3, -0.25) is 5.01 Å². The topological polar surface area (TPSA) is 27.3 Å².